The number of halogens is 3. The van der Waals surface area contributed by atoms with Gasteiger partial charge in [0.2, 0.25) is 5.91 Å². The number of carbonyl (C=O) groups is 1. The summed E-state index contributed by atoms with van der Waals surface area (Å²) in [6, 6.07) is 4.84. The first-order valence-corrected chi connectivity index (χ1v) is 7.22. The summed E-state index contributed by atoms with van der Waals surface area (Å²) < 4.78 is 43.2. The molecule has 7 heteroatoms. The van der Waals surface area contributed by atoms with Gasteiger partial charge in [-0.05, 0) is 31.5 Å². The largest absolute Gasteiger partial charge is 0.496 e. The van der Waals surface area contributed by atoms with Crippen LogP contribution in [0.4, 0.5) is 13.2 Å². The Morgan fingerprint density at radius 1 is 1.35 bits per heavy atom. The zero-order valence-corrected chi connectivity index (χ0v) is 13.2. The topological polar surface area (TPSA) is 45.3 Å². The number of hydrogen-bond donors (Lipinski definition) is 1. The maximum Gasteiger partial charge on any atom is 0.406 e. The first-order valence-electron chi connectivity index (χ1n) is 7.22. The van der Waals surface area contributed by atoms with Crippen LogP contribution in [0, 0.1) is 0 Å². The minimum Gasteiger partial charge on any atom is -0.496 e. The molecular formula is C16H19F3N2O2. The molecular weight excluding hydrogens is 309 g/mol. The van der Waals surface area contributed by atoms with Gasteiger partial charge in [-0.1, -0.05) is 6.07 Å². The molecule has 0 bridgehead atoms. The van der Waals surface area contributed by atoms with E-state index in [-0.39, 0.29) is 6.42 Å². The minimum absolute atomic E-state index is 0.116. The average molecular weight is 328 g/mol. The predicted octanol–water partition coefficient (Wildman–Crippen LogP) is 3.52. The number of alkyl halides is 3. The van der Waals surface area contributed by atoms with Crippen LogP contribution in [0.1, 0.15) is 19.4 Å². The van der Waals surface area contributed by atoms with Crippen LogP contribution in [0.2, 0.25) is 0 Å². The molecule has 0 aliphatic carbocycles. The van der Waals surface area contributed by atoms with E-state index >= 15 is 0 Å². The summed E-state index contributed by atoms with van der Waals surface area (Å²) in [5.41, 5.74) is 1.40. The molecule has 1 N–H and O–H groups in total. The molecule has 1 amide bonds. The van der Waals surface area contributed by atoms with Gasteiger partial charge in [0, 0.05) is 23.1 Å². The Morgan fingerprint density at radius 2 is 2.04 bits per heavy atom. The van der Waals surface area contributed by atoms with Crippen molar-refractivity contribution in [2.24, 2.45) is 0 Å². The van der Waals surface area contributed by atoms with E-state index in [4.69, 9.17) is 4.74 Å². The van der Waals surface area contributed by atoms with Crippen molar-refractivity contribution in [3.63, 3.8) is 0 Å². The van der Waals surface area contributed by atoms with Crippen LogP contribution in [0.25, 0.3) is 10.9 Å². The van der Waals surface area contributed by atoms with Gasteiger partial charge in [-0.15, -0.1) is 0 Å². The van der Waals surface area contributed by atoms with Crippen LogP contribution in [0.15, 0.2) is 24.4 Å². The number of nitrogens with one attached hydrogen (secondary N) is 1. The molecule has 126 valence electrons. The number of methoxy groups -OCH3 is 1. The summed E-state index contributed by atoms with van der Waals surface area (Å²) in [4.78, 5) is 16.2. The summed E-state index contributed by atoms with van der Waals surface area (Å²) in [6.45, 7) is 1.89. The highest BCUT2D eigenvalue weighted by Gasteiger charge is 2.34. The summed E-state index contributed by atoms with van der Waals surface area (Å²) in [5.74, 6) is 0.0163. The fraction of sp³-hybridized carbons (Fsp3) is 0.438. The van der Waals surface area contributed by atoms with Crippen LogP contribution in [-0.4, -0.2) is 41.7 Å². The minimum atomic E-state index is -4.42. The molecule has 1 aromatic heterocycles. The third-order valence-corrected chi connectivity index (χ3v) is 3.60. The lowest BCUT2D eigenvalue weighted by Gasteiger charge is -2.27. The maximum atomic E-state index is 12.7. The number of fused-ring (bicyclic) bond motifs is 1. The lowest BCUT2D eigenvalue weighted by atomic mass is 10.1. The van der Waals surface area contributed by atoms with Crippen molar-refractivity contribution in [1.29, 1.82) is 0 Å². The molecule has 0 saturated carbocycles. The van der Waals surface area contributed by atoms with Gasteiger partial charge in [0.05, 0.1) is 13.5 Å². The van der Waals surface area contributed by atoms with E-state index in [0.717, 1.165) is 15.8 Å². The van der Waals surface area contributed by atoms with Crippen molar-refractivity contribution in [2.75, 3.05) is 13.7 Å². The second-order valence-corrected chi connectivity index (χ2v) is 5.60. The van der Waals surface area contributed by atoms with Gasteiger partial charge in [0.25, 0.3) is 0 Å². The molecule has 0 spiro atoms. The van der Waals surface area contributed by atoms with Crippen molar-refractivity contribution in [3.05, 3.63) is 30.0 Å². The summed E-state index contributed by atoms with van der Waals surface area (Å²) >= 11 is 0. The van der Waals surface area contributed by atoms with Crippen LogP contribution in [0.5, 0.6) is 5.75 Å². The van der Waals surface area contributed by atoms with Crippen LogP contribution in [-0.2, 0) is 11.2 Å². The summed E-state index contributed by atoms with van der Waals surface area (Å²) in [7, 11) is 1.51. The van der Waals surface area contributed by atoms with Crippen molar-refractivity contribution in [3.8, 4) is 5.75 Å². The number of benzene rings is 1. The lowest BCUT2D eigenvalue weighted by molar-refractivity contribution is -0.164. The fourth-order valence-corrected chi connectivity index (χ4v) is 2.55. The van der Waals surface area contributed by atoms with E-state index in [1.807, 2.05) is 6.07 Å². The highest BCUT2D eigenvalue weighted by Crippen LogP contribution is 2.29. The summed E-state index contributed by atoms with van der Waals surface area (Å²) in [5, 5.41) is 0.721. The number of nitrogens with zero attached hydrogens (tertiary/aromatic N) is 1. The molecule has 2 aromatic rings. The number of carbonyl (C=O) groups excluding carboxylic acids is 1. The fourth-order valence-electron chi connectivity index (χ4n) is 2.55. The van der Waals surface area contributed by atoms with Crippen molar-refractivity contribution in [2.45, 2.75) is 32.5 Å². The predicted molar refractivity (Wildman–Crippen MR) is 81.5 cm³/mol. The number of aromatic nitrogens is 1. The first-order chi connectivity index (χ1) is 10.7. The van der Waals surface area contributed by atoms with E-state index in [2.05, 4.69) is 4.98 Å². The number of hydrogen-bond acceptors (Lipinski definition) is 2. The number of ether oxygens (including phenoxy) is 1. The molecule has 0 radical (unpaired) electrons. The zero-order valence-electron chi connectivity index (χ0n) is 13.2. The SMILES string of the molecule is COc1cccc2[nH]cc(CC(=O)N(CC(F)(F)F)C(C)C)c12. The highest BCUT2D eigenvalue weighted by molar-refractivity contribution is 5.93. The molecule has 0 aliphatic rings. The summed E-state index contributed by atoms with van der Waals surface area (Å²) in [6.07, 6.45) is -2.90. The van der Waals surface area contributed by atoms with Gasteiger partial charge in [-0.3, -0.25) is 4.79 Å². The molecule has 2 rings (SSSR count). The Bertz CT molecular complexity index is 692. The zero-order chi connectivity index (χ0) is 17.2. The Morgan fingerprint density at radius 3 is 2.61 bits per heavy atom. The Balaban J connectivity index is 2.28. The van der Waals surface area contributed by atoms with E-state index < -0.39 is 24.7 Å². The number of aromatic amines is 1. The van der Waals surface area contributed by atoms with Gasteiger partial charge >= 0.3 is 6.18 Å². The maximum absolute atomic E-state index is 12.7. The van der Waals surface area contributed by atoms with E-state index in [9.17, 15) is 18.0 Å². The second kappa shape index (κ2) is 6.52. The molecule has 0 fully saturated rings. The van der Waals surface area contributed by atoms with Gasteiger partial charge in [0.15, 0.2) is 0 Å². The van der Waals surface area contributed by atoms with Gasteiger partial charge < -0.3 is 14.6 Å². The third kappa shape index (κ3) is 3.97. The smallest absolute Gasteiger partial charge is 0.406 e. The number of amides is 1. The van der Waals surface area contributed by atoms with Crippen LogP contribution in [0.3, 0.4) is 0 Å². The number of H-pyrrole nitrogens is 1. The molecule has 0 unspecified atom stereocenters. The Hall–Kier alpha value is -2.18. The highest BCUT2D eigenvalue weighted by atomic mass is 19.4. The van der Waals surface area contributed by atoms with E-state index in [1.54, 1.807) is 32.2 Å². The standard InChI is InChI=1S/C16H19F3N2O2/c1-10(2)21(9-16(17,18)19)14(22)7-11-8-20-12-5-4-6-13(23-3)15(11)12/h4-6,8,10,20H,7,9H2,1-3H3. The molecule has 4 nitrogen and oxygen atoms in total. The van der Waals surface area contributed by atoms with Crippen molar-refractivity contribution >= 4 is 16.8 Å². The van der Waals surface area contributed by atoms with Crippen molar-refractivity contribution < 1.29 is 22.7 Å². The molecule has 0 saturated heterocycles. The molecule has 23 heavy (non-hydrogen) atoms. The van der Waals surface area contributed by atoms with Gasteiger partial charge in [0.1, 0.15) is 12.3 Å². The lowest BCUT2D eigenvalue weighted by Crippen LogP contribution is -2.44. The average Bonchev–Trinajstić information content (AvgIpc) is 2.86. The van der Waals surface area contributed by atoms with Crippen LogP contribution >= 0.6 is 0 Å². The van der Waals surface area contributed by atoms with E-state index in [0.29, 0.717) is 11.3 Å². The second-order valence-electron chi connectivity index (χ2n) is 5.60. The Kier molecular flexibility index (Phi) is 4.87. The van der Waals surface area contributed by atoms with Crippen molar-refractivity contribution in [1.82, 2.24) is 9.88 Å². The molecule has 0 aliphatic heterocycles. The molecule has 1 aromatic carbocycles. The normalized spacial score (nSPS) is 12.0. The molecule has 1 heterocycles. The monoisotopic (exact) mass is 328 g/mol. The number of rotatable bonds is 5. The van der Waals surface area contributed by atoms with E-state index in [1.165, 1.54) is 7.11 Å². The molecule has 0 atom stereocenters. The quantitative estimate of drug-likeness (QED) is 0.913. The first kappa shape index (κ1) is 17.2. The Labute approximate surface area is 132 Å². The van der Waals surface area contributed by atoms with Gasteiger partial charge in [-0.25, -0.2) is 0 Å². The van der Waals surface area contributed by atoms with Gasteiger partial charge in [-0.2, -0.15) is 13.2 Å². The third-order valence-electron chi connectivity index (χ3n) is 3.60. The van der Waals surface area contributed by atoms with Crippen LogP contribution < -0.4 is 4.74 Å².